The van der Waals surface area contributed by atoms with Gasteiger partial charge in [-0.3, -0.25) is 0 Å². The van der Waals surface area contributed by atoms with Crippen LogP contribution < -0.4 is 0 Å². The van der Waals surface area contributed by atoms with Gasteiger partial charge in [0.25, 0.3) is 0 Å². The maximum Gasteiger partial charge on any atom is 0.0814 e. The van der Waals surface area contributed by atoms with Crippen molar-refractivity contribution in [1.29, 1.82) is 0 Å². The van der Waals surface area contributed by atoms with Crippen molar-refractivity contribution >= 4 is 0 Å². The number of rotatable bonds is 5. The Morgan fingerprint density at radius 1 is 1.50 bits per heavy atom. The minimum Gasteiger partial charge on any atom is -0.392 e. The van der Waals surface area contributed by atoms with Gasteiger partial charge in [-0.2, -0.15) is 4.91 Å². The first-order valence-electron chi connectivity index (χ1n) is 4.76. The number of allylic oxidation sites excluding steroid dienone is 5. The van der Waals surface area contributed by atoms with Crippen LogP contribution in [-0.4, -0.2) is 18.3 Å². The average molecular weight is 193 g/mol. The molecule has 3 nitrogen and oxygen atoms in total. The van der Waals surface area contributed by atoms with E-state index in [0.717, 1.165) is 24.0 Å². The highest BCUT2D eigenvalue weighted by Crippen LogP contribution is 2.21. The molecule has 0 bridgehead atoms. The van der Waals surface area contributed by atoms with Gasteiger partial charge < -0.3 is 5.11 Å². The topological polar surface area (TPSA) is 49.7 Å². The van der Waals surface area contributed by atoms with Crippen molar-refractivity contribution in [3.05, 3.63) is 39.9 Å². The first-order chi connectivity index (χ1) is 6.77. The lowest BCUT2D eigenvalue weighted by Gasteiger charge is -1.97. The summed E-state index contributed by atoms with van der Waals surface area (Å²) in [7, 11) is 0. The maximum atomic E-state index is 9.87. The zero-order chi connectivity index (χ0) is 10.4. The van der Waals surface area contributed by atoms with Crippen LogP contribution in [0.2, 0.25) is 0 Å². The van der Waals surface area contributed by atoms with Crippen molar-refractivity contribution in [2.45, 2.75) is 19.8 Å². The summed E-state index contributed by atoms with van der Waals surface area (Å²) in [5, 5.41) is 11.7. The molecule has 0 saturated heterocycles. The molecule has 0 saturated carbocycles. The number of nitrogens with zero attached hydrogens (tertiary/aromatic N) is 1. The third-order valence-electron chi connectivity index (χ3n) is 2.26. The minimum absolute atomic E-state index is 0.0966. The van der Waals surface area contributed by atoms with Gasteiger partial charge in [-0.25, -0.2) is 0 Å². The van der Waals surface area contributed by atoms with Crippen LogP contribution in [0.4, 0.5) is 0 Å². The zero-order valence-corrected chi connectivity index (χ0v) is 8.36. The Bertz CT molecular complexity index is 300. The molecule has 1 N–H and O–H groups in total. The molecule has 0 radical (unpaired) electrons. The van der Waals surface area contributed by atoms with E-state index in [2.05, 4.69) is 11.3 Å². The van der Waals surface area contributed by atoms with Crippen LogP contribution in [0.5, 0.6) is 0 Å². The van der Waals surface area contributed by atoms with Gasteiger partial charge in [0.05, 0.1) is 13.2 Å². The predicted octanol–water partition coefficient (Wildman–Crippen LogP) is 2.34. The summed E-state index contributed by atoms with van der Waals surface area (Å²) >= 11 is 0. The van der Waals surface area contributed by atoms with Crippen LogP contribution in [0.15, 0.2) is 40.1 Å². The SMILES string of the molecule is C/C(CO)=C1\C=CC(CCCN=O)=C1. The van der Waals surface area contributed by atoms with Crippen LogP contribution in [0.25, 0.3) is 0 Å². The average Bonchev–Trinajstić information content (AvgIpc) is 2.66. The molecule has 76 valence electrons. The van der Waals surface area contributed by atoms with E-state index in [4.69, 9.17) is 5.11 Å². The Balaban J connectivity index is 2.52. The number of aliphatic hydroxyl groups is 1. The third kappa shape index (κ3) is 2.92. The molecule has 1 aliphatic rings. The molecule has 0 aliphatic heterocycles. The van der Waals surface area contributed by atoms with Gasteiger partial charge in [0.1, 0.15) is 0 Å². The minimum atomic E-state index is 0.0966. The van der Waals surface area contributed by atoms with Crippen LogP contribution in [0.1, 0.15) is 19.8 Å². The van der Waals surface area contributed by atoms with Gasteiger partial charge in [0.15, 0.2) is 0 Å². The fourth-order valence-electron chi connectivity index (χ4n) is 1.35. The van der Waals surface area contributed by atoms with E-state index >= 15 is 0 Å². The Hall–Kier alpha value is -1.22. The van der Waals surface area contributed by atoms with Gasteiger partial charge in [-0.15, -0.1) is 0 Å². The molecule has 0 amide bonds. The van der Waals surface area contributed by atoms with Crippen molar-refractivity contribution in [3.8, 4) is 0 Å². The van der Waals surface area contributed by atoms with Crippen molar-refractivity contribution in [3.63, 3.8) is 0 Å². The number of hydrogen-bond acceptors (Lipinski definition) is 3. The molecule has 14 heavy (non-hydrogen) atoms. The Morgan fingerprint density at radius 3 is 2.93 bits per heavy atom. The van der Waals surface area contributed by atoms with Gasteiger partial charge in [0, 0.05) is 0 Å². The zero-order valence-electron chi connectivity index (χ0n) is 8.36. The fourth-order valence-corrected chi connectivity index (χ4v) is 1.35. The Labute approximate surface area is 83.8 Å². The van der Waals surface area contributed by atoms with Crippen molar-refractivity contribution in [2.24, 2.45) is 5.18 Å². The van der Waals surface area contributed by atoms with E-state index in [1.807, 2.05) is 19.1 Å². The van der Waals surface area contributed by atoms with Gasteiger partial charge in [-0.05, 0) is 36.5 Å². The summed E-state index contributed by atoms with van der Waals surface area (Å²) in [5.74, 6) is 0. The molecule has 0 unspecified atom stereocenters. The van der Waals surface area contributed by atoms with Crippen LogP contribution in [0.3, 0.4) is 0 Å². The molecule has 0 atom stereocenters. The first-order valence-corrected chi connectivity index (χ1v) is 4.76. The summed E-state index contributed by atoms with van der Waals surface area (Å²) in [5.41, 5.74) is 3.27. The highest BCUT2D eigenvalue weighted by Gasteiger charge is 2.04. The van der Waals surface area contributed by atoms with Gasteiger partial charge >= 0.3 is 0 Å². The molecule has 1 aliphatic carbocycles. The molecule has 0 spiro atoms. The molecule has 0 aromatic carbocycles. The van der Waals surface area contributed by atoms with Gasteiger partial charge in [-0.1, -0.05) is 23.4 Å². The van der Waals surface area contributed by atoms with Crippen molar-refractivity contribution in [2.75, 3.05) is 13.2 Å². The monoisotopic (exact) mass is 193 g/mol. The maximum absolute atomic E-state index is 9.87. The summed E-state index contributed by atoms with van der Waals surface area (Å²) in [4.78, 5) is 9.87. The first kappa shape index (κ1) is 10.9. The molecule has 0 aromatic heterocycles. The summed E-state index contributed by atoms with van der Waals surface area (Å²) in [6.45, 7) is 2.38. The Morgan fingerprint density at radius 2 is 2.29 bits per heavy atom. The van der Waals surface area contributed by atoms with Gasteiger partial charge in [0.2, 0.25) is 0 Å². The number of hydrogen-bond donors (Lipinski definition) is 1. The van der Waals surface area contributed by atoms with Crippen LogP contribution >= 0.6 is 0 Å². The number of nitroso groups, excluding NO2 is 1. The lowest BCUT2D eigenvalue weighted by molar-refractivity contribution is 0.331. The number of aliphatic hydroxyl groups excluding tert-OH is 1. The molecule has 0 heterocycles. The standard InChI is InChI=1S/C11H15NO2/c1-9(8-13)11-5-4-10(7-11)3-2-6-12-14/h4-5,7,13H,2-3,6,8H2,1H3/b11-9-. The smallest absolute Gasteiger partial charge is 0.0814 e. The lowest BCUT2D eigenvalue weighted by Crippen LogP contribution is -1.87. The Kier molecular flexibility index (Phi) is 4.26. The second-order valence-corrected chi connectivity index (χ2v) is 3.40. The van der Waals surface area contributed by atoms with Crippen LogP contribution in [0, 0.1) is 4.91 Å². The molecular weight excluding hydrogens is 178 g/mol. The summed E-state index contributed by atoms with van der Waals surface area (Å²) in [6.07, 6.45) is 7.75. The third-order valence-corrected chi connectivity index (χ3v) is 2.26. The van der Waals surface area contributed by atoms with Crippen LogP contribution in [-0.2, 0) is 0 Å². The van der Waals surface area contributed by atoms with E-state index in [-0.39, 0.29) is 6.61 Å². The second kappa shape index (κ2) is 5.50. The fraction of sp³-hybridized carbons (Fsp3) is 0.455. The molecule has 3 heteroatoms. The summed E-state index contributed by atoms with van der Waals surface area (Å²) < 4.78 is 0. The van der Waals surface area contributed by atoms with E-state index < -0.39 is 0 Å². The van der Waals surface area contributed by atoms with E-state index in [1.54, 1.807) is 0 Å². The highest BCUT2D eigenvalue weighted by atomic mass is 16.3. The molecule has 1 rings (SSSR count). The van der Waals surface area contributed by atoms with Crippen molar-refractivity contribution in [1.82, 2.24) is 0 Å². The van der Waals surface area contributed by atoms with E-state index in [9.17, 15) is 4.91 Å². The van der Waals surface area contributed by atoms with Crippen molar-refractivity contribution < 1.29 is 5.11 Å². The normalized spacial score (nSPS) is 18.3. The quantitative estimate of drug-likeness (QED) is 0.538. The second-order valence-electron chi connectivity index (χ2n) is 3.40. The van der Waals surface area contributed by atoms with E-state index in [1.165, 1.54) is 5.57 Å². The molecule has 0 fully saturated rings. The predicted molar refractivity (Wildman–Crippen MR) is 56.9 cm³/mol. The largest absolute Gasteiger partial charge is 0.392 e. The highest BCUT2D eigenvalue weighted by molar-refractivity contribution is 5.48. The lowest BCUT2D eigenvalue weighted by atomic mass is 10.1. The summed E-state index contributed by atoms with van der Waals surface area (Å²) in [6, 6.07) is 0. The molecular formula is C11H15NO2. The van der Waals surface area contributed by atoms with E-state index in [0.29, 0.717) is 6.54 Å². The molecule has 0 aromatic rings.